The standard InChI is InChI=1S/C28H23N3O2S/c1-19-14-20(2)26-25(15-19)30-28(34-26)31(18-21-8-7-13-29-17-21)27(32)22-9-6-12-24(16-22)33-23-10-4-3-5-11-23/h3-17H,18H2,1-2H3. The maximum Gasteiger partial charge on any atom is 0.260 e. The van der Waals surface area contributed by atoms with Crippen molar-refractivity contribution in [1.29, 1.82) is 0 Å². The Balaban J connectivity index is 1.52. The Hall–Kier alpha value is -4.03. The lowest BCUT2D eigenvalue weighted by Crippen LogP contribution is -2.30. The van der Waals surface area contributed by atoms with E-state index in [-0.39, 0.29) is 5.91 Å². The topological polar surface area (TPSA) is 55.3 Å². The average Bonchev–Trinajstić information content (AvgIpc) is 3.28. The van der Waals surface area contributed by atoms with E-state index in [4.69, 9.17) is 9.72 Å². The van der Waals surface area contributed by atoms with Crippen LogP contribution in [0.4, 0.5) is 5.13 Å². The number of hydrogen-bond acceptors (Lipinski definition) is 5. The van der Waals surface area contributed by atoms with Crippen LogP contribution in [-0.4, -0.2) is 15.9 Å². The molecule has 0 aliphatic rings. The lowest BCUT2D eigenvalue weighted by atomic mass is 10.1. The minimum Gasteiger partial charge on any atom is -0.457 e. The molecule has 0 aliphatic carbocycles. The lowest BCUT2D eigenvalue weighted by Gasteiger charge is -2.20. The predicted octanol–water partition coefficient (Wildman–Crippen LogP) is 6.95. The van der Waals surface area contributed by atoms with Crippen molar-refractivity contribution in [2.75, 3.05) is 4.90 Å². The maximum absolute atomic E-state index is 13.8. The first-order valence-corrected chi connectivity index (χ1v) is 11.8. The predicted molar refractivity (Wildman–Crippen MR) is 137 cm³/mol. The Labute approximate surface area is 202 Å². The number of carbonyl (C=O) groups excluding carboxylic acids is 1. The molecule has 0 bridgehead atoms. The van der Waals surface area contributed by atoms with Crippen molar-refractivity contribution in [3.63, 3.8) is 0 Å². The zero-order chi connectivity index (χ0) is 23.5. The van der Waals surface area contributed by atoms with E-state index >= 15 is 0 Å². The smallest absolute Gasteiger partial charge is 0.260 e. The number of aryl methyl sites for hydroxylation is 2. The Morgan fingerprint density at radius 3 is 2.56 bits per heavy atom. The summed E-state index contributed by atoms with van der Waals surface area (Å²) in [5.74, 6) is 1.18. The van der Waals surface area contributed by atoms with Gasteiger partial charge in [-0.05, 0) is 73.0 Å². The van der Waals surface area contributed by atoms with E-state index < -0.39 is 0 Å². The molecule has 0 saturated heterocycles. The van der Waals surface area contributed by atoms with E-state index in [2.05, 4.69) is 31.0 Å². The van der Waals surface area contributed by atoms with E-state index in [1.54, 1.807) is 29.4 Å². The van der Waals surface area contributed by atoms with Gasteiger partial charge in [-0.25, -0.2) is 4.98 Å². The third kappa shape index (κ3) is 4.67. The summed E-state index contributed by atoms with van der Waals surface area (Å²) in [6.45, 7) is 4.51. The van der Waals surface area contributed by atoms with Crippen LogP contribution in [0.2, 0.25) is 0 Å². The number of anilines is 1. The normalized spacial score (nSPS) is 10.9. The van der Waals surface area contributed by atoms with Crippen LogP contribution in [-0.2, 0) is 6.54 Å². The molecule has 2 aromatic heterocycles. The highest BCUT2D eigenvalue weighted by molar-refractivity contribution is 7.22. The molecule has 0 fully saturated rings. The fraction of sp³-hybridized carbons (Fsp3) is 0.107. The lowest BCUT2D eigenvalue weighted by molar-refractivity contribution is 0.0985. The van der Waals surface area contributed by atoms with Crippen LogP contribution >= 0.6 is 11.3 Å². The number of benzene rings is 3. The van der Waals surface area contributed by atoms with Gasteiger partial charge in [-0.15, -0.1) is 0 Å². The average molecular weight is 466 g/mol. The van der Waals surface area contributed by atoms with Gasteiger partial charge < -0.3 is 4.74 Å². The number of pyridine rings is 1. The van der Waals surface area contributed by atoms with Gasteiger partial charge >= 0.3 is 0 Å². The van der Waals surface area contributed by atoms with Gasteiger partial charge in [0.05, 0.1) is 16.8 Å². The molecule has 168 valence electrons. The van der Waals surface area contributed by atoms with Gasteiger partial charge in [-0.3, -0.25) is 14.7 Å². The van der Waals surface area contributed by atoms with Crippen molar-refractivity contribution in [2.45, 2.75) is 20.4 Å². The third-order valence-electron chi connectivity index (χ3n) is 5.41. The number of hydrogen-bond donors (Lipinski definition) is 0. The molecule has 3 aromatic carbocycles. The number of carbonyl (C=O) groups is 1. The fourth-order valence-electron chi connectivity index (χ4n) is 3.85. The number of rotatable bonds is 6. The number of nitrogens with zero attached hydrogens (tertiary/aromatic N) is 3. The second kappa shape index (κ2) is 9.45. The van der Waals surface area contributed by atoms with Crippen LogP contribution in [0.3, 0.4) is 0 Å². The van der Waals surface area contributed by atoms with Gasteiger partial charge in [-0.2, -0.15) is 0 Å². The number of fused-ring (bicyclic) bond motifs is 1. The minimum atomic E-state index is -0.143. The molecule has 0 radical (unpaired) electrons. The quantitative estimate of drug-likeness (QED) is 0.272. The highest BCUT2D eigenvalue weighted by Crippen LogP contribution is 2.34. The van der Waals surface area contributed by atoms with Crippen molar-refractivity contribution >= 4 is 32.6 Å². The van der Waals surface area contributed by atoms with Crippen molar-refractivity contribution < 1.29 is 9.53 Å². The molecule has 5 rings (SSSR count). The molecule has 0 N–H and O–H groups in total. The zero-order valence-corrected chi connectivity index (χ0v) is 19.8. The molecule has 1 amide bonds. The summed E-state index contributed by atoms with van der Waals surface area (Å²) in [5, 5.41) is 0.659. The third-order valence-corrected chi connectivity index (χ3v) is 6.64. The molecular formula is C28H23N3O2S. The van der Waals surface area contributed by atoms with Gasteiger partial charge in [0.15, 0.2) is 5.13 Å². The van der Waals surface area contributed by atoms with Crippen molar-refractivity contribution in [1.82, 2.24) is 9.97 Å². The van der Waals surface area contributed by atoms with E-state index in [9.17, 15) is 4.79 Å². The number of amides is 1. The first-order chi connectivity index (χ1) is 16.6. The van der Waals surface area contributed by atoms with Crippen molar-refractivity contribution in [3.8, 4) is 11.5 Å². The molecule has 5 aromatic rings. The Morgan fingerprint density at radius 1 is 0.941 bits per heavy atom. The molecule has 0 aliphatic heterocycles. The summed E-state index contributed by atoms with van der Waals surface area (Å²) in [5.41, 5.74) is 4.68. The number of thiazole rings is 1. The molecule has 2 heterocycles. The Morgan fingerprint density at radius 2 is 1.76 bits per heavy atom. The first kappa shape index (κ1) is 21.8. The van der Waals surface area contributed by atoms with Gasteiger partial charge in [0, 0.05) is 18.0 Å². The van der Waals surface area contributed by atoms with E-state index in [0.29, 0.717) is 23.0 Å². The van der Waals surface area contributed by atoms with Crippen LogP contribution < -0.4 is 9.64 Å². The van der Waals surface area contributed by atoms with Crippen LogP contribution in [0.1, 0.15) is 27.0 Å². The summed E-state index contributed by atoms with van der Waals surface area (Å²) < 4.78 is 7.04. The van der Waals surface area contributed by atoms with E-state index in [1.165, 1.54) is 11.3 Å². The minimum absolute atomic E-state index is 0.143. The van der Waals surface area contributed by atoms with Crippen LogP contribution in [0.5, 0.6) is 11.5 Å². The number of ether oxygens (including phenoxy) is 1. The van der Waals surface area contributed by atoms with Crippen molar-refractivity contribution in [3.05, 3.63) is 114 Å². The molecule has 0 unspecified atom stereocenters. The SMILES string of the molecule is Cc1cc(C)c2sc(N(Cc3cccnc3)C(=O)c3cccc(Oc4ccccc4)c3)nc2c1. The second-order valence-corrected chi connectivity index (χ2v) is 9.10. The van der Waals surface area contributed by atoms with Crippen molar-refractivity contribution in [2.24, 2.45) is 0 Å². The fourth-order valence-corrected chi connectivity index (χ4v) is 4.87. The first-order valence-electron chi connectivity index (χ1n) is 11.0. The highest BCUT2D eigenvalue weighted by atomic mass is 32.1. The number of aromatic nitrogens is 2. The van der Waals surface area contributed by atoms with E-state index in [0.717, 1.165) is 32.7 Å². The van der Waals surface area contributed by atoms with Crippen LogP contribution in [0, 0.1) is 13.8 Å². The molecule has 5 nitrogen and oxygen atoms in total. The van der Waals surface area contributed by atoms with Gasteiger partial charge in [0.1, 0.15) is 11.5 Å². The Kier molecular flexibility index (Phi) is 6.06. The molecule has 34 heavy (non-hydrogen) atoms. The van der Waals surface area contributed by atoms with Gasteiger partial charge in [-0.1, -0.05) is 47.7 Å². The summed E-state index contributed by atoms with van der Waals surface area (Å²) >= 11 is 1.53. The summed E-state index contributed by atoms with van der Waals surface area (Å²) in [7, 11) is 0. The number of para-hydroxylation sites is 1. The maximum atomic E-state index is 13.8. The molecular weight excluding hydrogens is 442 g/mol. The van der Waals surface area contributed by atoms with Crippen LogP contribution in [0.25, 0.3) is 10.2 Å². The highest BCUT2D eigenvalue weighted by Gasteiger charge is 2.23. The summed E-state index contributed by atoms with van der Waals surface area (Å²) in [6.07, 6.45) is 3.50. The van der Waals surface area contributed by atoms with Gasteiger partial charge in [0.25, 0.3) is 5.91 Å². The molecule has 0 saturated carbocycles. The molecule has 0 atom stereocenters. The molecule has 6 heteroatoms. The van der Waals surface area contributed by atoms with Gasteiger partial charge in [0.2, 0.25) is 0 Å². The monoisotopic (exact) mass is 465 g/mol. The Bertz CT molecular complexity index is 1450. The largest absolute Gasteiger partial charge is 0.457 e. The zero-order valence-electron chi connectivity index (χ0n) is 18.9. The second-order valence-electron chi connectivity index (χ2n) is 8.12. The van der Waals surface area contributed by atoms with Crippen LogP contribution in [0.15, 0.2) is 91.3 Å². The summed E-state index contributed by atoms with van der Waals surface area (Å²) in [4.78, 5) is 24.6. The molecule has 0 spiro atoms. The summed E-state index contributed by atoms with van der Waals surface area (Å²) in [6, 6.07) is 24.8. The van der Waals surface area contributed by atoms with E-state index in [1.807, 2.05) is 54.6 Å².